The fourth-order valence-electron chi connectivity index (χ4n) is 3.20. The third-order valence-corrected chi connectivity index (χ3v) is 4.25. The molecule has 1 aliphatic carbocycles. The zero-order chi connectivity index (χ0) is 19.1. The van der Waals surface area contributed by atoms with Gasteiger partial charge in [0.25, 0.3) is 0 Å². The topological polar surface area (TPSA) is 85.8 Å². The van der Waals surface area contributed by atoms with Gasteiger partial charge in [-0.3, -0.25) is 9.59 Å². The summed E-state index contributed by atoms with van der Waals surface area (Å²) in [6.45, 7) is 9.08. The molecule has 0 aromatic rings. The fourth-order valence-corrected chi connectivity index (χ4v) is 3.20. The number of hydrogen-bond donors (Lipinski definition) is 3. The average molecular weight is 354 g/mol. The molecule has 0 heterocycles. The first-order valence-corrected chi connectivity index (χ1v) is 9.14. The predicted molar refractivity (Wildman–Crippen MR) is 101 cm³/mol. The van der Waals surface area contributed by atoms with Crippen molar-refractivity contribution in [2.75, 3.05) is 33.7 Å². The molecule has 0 aliphatic heterocycles. The number of amides is 2. The second-order valence-corrected chi connectivity index (χ2v) is 8.03. The van der Waals surface area contributed by atoms with Crippen LogP contribution in [0.5, 0.6) is 0 Å². The molecule has 1 aliphatic rings. The Morgan fingerprint density at radius 1 is 1.12 bits per heavy atom. The molecule has 0 aromatic heterocycles. The quantitative estimate of drug-likeness (QED) is 0.493. The Kier molecular flexibility index (Phi) is 7.70. The second kappa shape index (κ2) is 9.06. The van der Waals surface area contributed by atoms with Crippen LogP contribution in [0.3, 0.4) is 0 Å². The summed E-state index contributed by atoms with van der Waals surface area (Å²) >= 11 is 0. The molecule has 1 fully saturated rings. The summed E-state index contributed by atoms with van der Waals surface area (Å²) in [4.78, 5) is 30.6. The first-order valence-electron chi connectivity index (χ1n) is 9.14. The van der Waals surface area contributed by atoms with Crippen molar-refractivity contribution in [2.45, 2.75) is 58.9 Å². The molecule has 1 rings (SSSR count). The molecule has 0 unspecified atom stereocenters. The first-order chi connectivity index (χ1) is 11.6. The Bertz CT molecular complexity index is 488. The number of rotatable bonds is 6. The van der Waals surface area contributed by atoms with Gasteiger partial charge < -0.3 is 20.9 Å². The number of hydrogen-bond acceptors (Lipinski definition) is 3. The van der Waals surface area contributed by atoms with Gasteiger partial charge in [-0.15, -0.1) is 0 Å². The zero-order valence-electron chi connectivity index (χ0n) is 16.7. The second-order valence-electron chi connectivity index (χ2n) is 8.03. The van der Waals surface area contributed by atoms with E-state index in [4.69, 9.17) is 0 Å². The van der Waals surface area contributed by atoms with Gasteiger partial charge >= 0.3 is 0 Å². The number of carbonyl (C=O) groups is 2. The number of aliphatic imine (C=N–C) groups is 1. The summed E-state index contributed by atoms with van der Waals surface area (Å²) in [5.74, 6) is 0.618. The number of nitrogens with zero attached hydrogens (tertiary/aromatic N) is 2. The maximum atomic E-state index is 12.6. The highest BCUT2D eigenvalue weighted by molar-refractivity contribution is 5.87. The minimum absolute atomic E-state index is 0.0568. The van der Waals surface area contributed by atoms with E-state index in [2.05, 4.69) is 20.9 Å². The highest BCUT2D eigenvalue weighted by atomic mass is 16.2. The van der Waals surface area contributed by atoms with E-state index in [0.717, 1.165) is 25.7 Å². The minimum Gasteiger partial charge on any atom is -0.357 e. The maximum Gasteiger partial charge on any atom is 0.242 e. The van der Waals surface area contributed by atoms with Gasteiger partial charge in [-0.1, -0.05) is 12.8 Å². The van der Waals surface area contributed by atoms with Gasteiger partial charge in [-0.25, -0.2) is 4.99 Å². The van der Waals surface area contributed by atoms with Crippen molar-refractivity contribution < 1.29 is 9.59 Å². The van der Waals surface area contributed by atoms with Gasteiger partial charge in [0.1, 0.15) is 6.54 Å². The van der Waals surface area contributed by atoms with E-state index in [1.807, 2.05) is 27.7 Å². The van der Waals surface area contributed by atoms with Crippen LogP contribution in [0, 0.1) is 5.41 Å². The molecule has 7 nitrogen and oxygen atoms in total. The van der Waals surface area contributed by atoms with Crippen LogP contribution in [-0.2, 0) is 9.59 Å². The van der Waals surface area contributed by atoms with Crippen LogP contribution in [0.2, 0.25) is 0 Å². The molecule has 0 saturated heterocycles. The van der Waals surface area contributed by atoms with Crippen LogP contribution in [-0.4, -0.2) is 61.9 Å². The maximum absolute atomic E-state index is 12.6. The summed E-state index contributed by atoms with van der Waals surface area (Å²) in [5, 5.41) is 9.31. The molecule has 2 amide bonds. The van der Waals surface area contributed by atoms with Crippen molar-refractivity contribution in [3.63, 3.8) is 0 Å². The predicted octanol–water partition coefficient (Wildman–Crippen LogP) is 1.10. The Morgan fingerprint density at radius 2 is 1.72 bits per heavy atom. The van der Waals surface area contributed by atoms with Crippen LogP contribution in [0.25, 0.3) is 0 Å². The van der Waals surface area contributed by atoms with Crippen LogP contribution < -0.4 is 16.0 Å². The Labute approximate surface area is 152 Å². The van der Waals surface area contributed by atoms with Crippen molar-refractivity contribution in [1.29, 1.82) is 0 Å². The Balaban J connectivity index is 2.71. The molecule has 0 atom stereocenters. The highest BCUT2D eigenvalue weighted by Crippen LogP contribution is 2.38. The summed E-state index contributed by atoms with van der Waals surface area (Å²) in [6.07, 6.45) is 3.92. The SMILES string of the molecule is CCNC(=NCC(=O)NC(C)(C)C)NCC1(C(=O)N(C)C)CCCC1. The van der Waals surface area contributed by atoms with Crippen molar-refractivity contribution in [2.24, 2.45) is 10.4 Å². The Hall–Kier alpha value is -1.79. The molecule has 0 spiro atoms. The van der Waals surface area contributed by atoms with Crippen LogP contribution in [0.4, 0.5) is 0 Å². The van der Waals surface area contributed by atoms with E-state index in [-0.39, 0.29) is 29.3 Å². The van der Waals surface area contributed by atoms with Crippen molar-refractivity contribution in [1.82, 2.24) is 20.9 Å². The van der Waals surface area contributed by atoms with Crippen LogP contribution in [0.15, 0.2) is 4.99 Å². The molecule has 25 heavy (non-hydrogen) atoms. The third-order valence-electron chi connectivity index (χ3n) is 4.25. The van der Waals surface area contributed by atoms with Gasteiger partial charge in [-0.2, -0.15) is 0 Å². The summed E-state index contributed by atoms with van der Waals surface area (Å²) in [5.41, 5.74) is -0.641. The summed E-state index contributed by atoms with van der Waals surface area (Å²) in [7, 11) is 3.61. The third kappa shape index (κ3) is 6.92. The smallest absolute Gasteiger partial charge is 0.242 e. The molecule has 3 N–H and O–H groups in total. The van der Waals surface area contributed by atoms with Gasteiger partial charge in [0.2, 0.25) is 11.8 Å². The van der Waals surface area contributed by atoms with E-state index in [1.165, 1.54) is 0 Å². The van der Waals surface area contributed by atoms with Gasteiger partial charge in [0, 0.05) is 32.7 Å². The normalized spacial score (nSPS) is 17.1. The monoisotopic (exact) mass is 353 g/mol. The van der Waals surface area contributed by atoms with Gasteiger partial charge in [-0.05, 0) is 40.5 Å². The fraction of sp³-hybridized carbons (Fsp3) is 0.833. The average Bonchev–Trinajstić information content (AvgIpc) is 2.97. The highest BCUT2D eigenvalue weighted by Gasteiger charge is 2.42. The number of carbonyl (C=O) groups excluding carboxylic acids is 2. The zero-order valence-corrected chi connectivity index (χ0v) is 16.7. The van der Waals surface area contributed by atoms with E-state index < -0.39 is 0 Å². The molecule has 1 saturated carbocycles. The number of guanidine groups is 1. The molecule has 0 bridgehead atoms. The molecular weight excluding hydrogens is 318 g/mol. The van der Waals surface area contributed by atoms with E-state index in [1.54, 1.807) is 19.0 Å². The number of nitrogens with one attached hydrogen (secondary N) is 3. The lowest BCUT2D eigenvalue weighted by atomic mass is 9.84. The molecule has 0 radical (unpaired) electrons. The largest absolute Gasteiger partial charge is 0.357 e. The first kappa shape index (κ1) is 21.3. The molecule has 7 heteroatoms. The van der Waals surface area contributed by atoms with Gasteiger partial charge in [0.15, 0.2) is 5.96 Å². The van der Waals surface area contributed by atoms with Crippen LogP contribution in [0.1, 0.15) is 53.4 Å². The van der Waals surface area contributed by atoms with Gasteiger partial charge in [0.05, 0.1) is 5.41 Å². The van der Waals surface area contributed by atoms with E-state index in [9.17, 15) is 9.59 Å². The summed E-state index contributed by atoms with van der Waals surface area (Å²) < 4.78 is 0. The van der Waals surface area contributed by atoms with E-state index in [0.29, 0.717) is 19.0 Å². The van der Waals surface area contributed by atoms with Crippen LogP contribution >= 0.6 is 0 Å². The summed E-state index contributed by atoms with van der Waals surface area (Å²) in [6, 6.07) is 0. The van der Waals surface area contributed by atoms with E-state index >= 15 is 0 Å². The standard InChI is InChI=1S/C18H35N5O2/c1-7-19-16(20-12-14(24)22-17(2,3)4)21-13-18(10-8-9-11-18)15(25)23(5)6/h7-13H2,1-6H3,(H,22,24)(H2,19,20,21). The molecule has 144 valence electrons. The lowest BCUT2D eigenvalue weighted by Gasteiger charge is -2.31. The lowest BCUT2D eigenvalue weighted by molar-refractivity contribution is -0.138. The molecular formula is C18H35N5O2. The van der Waals surface area contributed by atoms with Crippen molar-refractivity contribution in [3.8, 4) is 0 Å². The van der Waals surface area contributed by atoms with Crippen molar-refractivity contribution >= 4 is 17.8 Å². The minimum atomic E-state index is -0.368. The Morgan fingerprint density at radius 3 is 2.20 bits per heavy atom. The lowest BCUT2D eigenvalue weighted by Crippen LogP contribution is -2.49. The van der Waals surface area contributed by atoms with Crippen molar-refractivity contribution in [3.05, 3.63) is 0 Å². The molecule has 0 aromatic carbocycles.